The first kappa shape index (κ1) is 18.5. The molecule has 1 fully saturated rings. The molecule has 1 aromatic carbocycles. The maximum atomic E-state index is 12.2. The fourth-order valence-electron chi connectivity index (χ4n) is 2.45. The van der Waals surface area contributed by atoms with Gasteiger partial charge in [-0.05, 0) is 30.5 Å². The number of ether oxygens (including phenoxy) is 3. The van der Waals surface area contributed by atoms with Crippen LogP contribution < -0.4 is 20.1 Å². The van der Waals surface area contributed by atoms with E-state index in [9.17, 15) is 4.79 Å². The van der Waals surface area contributed by atoms with Crippen molar-refractivity contribution in [1.29, 1.82) is 0 Å². The first-order chi connectivity index (χ1) is 11.5. The van der Waals surface area contributed by atoms with Gasteiger partial charge in [0.2, 0.25) is 0 Å². The zero-order chi connectivity index (χ0) is 17.5. The van der Waals surface area contributed by atoms with Crippen LogP contribution in [0.5, 0.6) is 11.5 Å². The third-order valence-corrected chi connectivity index (χ3v) is 3.84. The molecule has 6 nitrogen and oxygen atoms in total. The summed E-state index contributed by atoms with van der Waals surface area (Å²) in [6, 6.07) is 5.60. The van der Waals surface area contributed by atoms with E-state index in [0.29, 0.717) is 37.2 Å². The minimum Gasteiger partial charge on any atom is -0.493 e. The summed E-state index contributed by atoms with van der Waals surface area (Å²) in [6.45, 7) is 8.66. The SMILES string of the molecule is COc1cc(C(C)NC(=O)C2CNCCO2)ccc1OCC(C)C. The van der Waals surface area contributed by atoms with Gasteiger partial charge in [-0.25, -0.2) is 0 Å². The smallest absolute Gasteiger partial charge is 0.250 e. The van der Waals surface area contributed by atoms with Crippen molar-refractivity contribution < 1.29 is 19.0 Å². The van der Waals surface area contributed by atoms with Gasteiger partial charge in [-0.3, -0.25) is 4.79 Å². The van der Waals surface area contributed by atoms with Crippen molar-refractivity contribution in [2.45, 2.75) is 32.9 Å². The van der Waals surface area contributed by atoms with E-state index in [1.807, 2.05) is 25.1 Å². The summed E-state index contributed by atoms with van der Waals surface area (Å²) < 4.78 is 16.7. The largest absolute Gasteiger partial charge is 0.493 e. The van der Waals surface area contributed by atoms with Crippen molar-refractivity contribution in [3.05, 3.63) is 23.8 Å². The summed E-state index contributed by atoms with van der Waals surface area (Å²) >= 11 is 0. The van der Waals surface area contributed by atoms with Crippen LogP contribution in [0.25, 0.3) is 0 Å². The first-order valence-electron chi connectivity index (χ1n) is 8.44. The van der Waals surface area contributed by atoms with E-state index in [1.165, 1.54) is 0 Å². The fraction of sp³-hybridized carbons (Fsp3) is 0.611. The molecule has 0 aromatic heterocycles. The highest BCUT2D eigenvalue weighted by atomic mass is 16.5. The summed E-state index contributed by atoms with van der Waals surface area (Å²) in [6.07, 6.45) is -0.434. The lowest BCUT2D eigenvalue weighted by Gasteiger charge is -2.25. The topological polar surface area (TPSA) is 68.8 Å². The number of benzene rings is 1. The number of nitrogens with one attached hydrogen (secondary N) is 2. The molecule has 1 aliphatic heterocycles. The van der Waals surface area contributed by atoms with Crippen LogP contribution in [0.2, 0.25) is 0 Å². The minimum atomic E-state index is -0.434. The lowest BCUT2D eigenvalue weighted by atomic mass is 10.1. The van der Waals surface area contributed by atoms with Crippen LogP contribution in [0.3, 0.4) is 0 Å². The Morgan fingerprint density at radius 3 is 2.79 bits per heavy atom. The van der Waals surface area contributed by atoms with Crippen molar-refractivity contribution in [3.8, 4) is 11.5 Å². The highest BCUT2D eigenvalue weighted by Crippen LogP contribution is 2.30. The van der Waals surface area contributed by atoms with E-state index in [1.54, 1.807) is 7.11 Å². The number of carbonyl (C=O) groups is 1. The molecule has 6 heteroatoms. The van der Waals surface area contributed by atoms with Gasteiger partial charge < -0.3 is 24.8 Å². The Hall–Kier alpha value is -1.79. The molecule has 1 amide bonds. The third kappa shape index (κ3) is 5.11. The Kier molecular flexibility index (Phi) is 6.87. The molecular weight excluding hydrogens is 308 g/mol. The summed E-state index contributed by atoms with van der Waals surface area (Å²) in [4.78, 5) is 12.2. The number of methoxy groups -OCH3 is 1. The maximum Gasteiger partial charge on any atom is 0.250 e. The molecule has 1 saturated heterocycles. The van der Waals surface area contributed by atoms with E-state index >= 15 is 0 Å². The fourth-order valence-corrected chi connectivity index (χ4v) is 2.45. The molecule has 24 heavy (non-hydrogen) atoms. The summed E-state index contributed by atoms with van der Waals surface area (Å²) in [5.41, 5.74) is 0.959. The average Bonchev–Trinajstić information content (AvgIpc) is 2.60. The summed E-state index contributed by atoms with van der Waals surface area (Å²) in [5.74, 6) is 1.73. The van der Waals surface area contributed by atoms with Gasteiger partial charge in [0, 0.05) is 13.1 Å². The van der Waals surface area contributed by atoms with Crippen LogP contribution in [-0.2, 0) is 9.53 Å². The van der Waals surface area contributed by atoms with Crippen molar-refractivity contribution in [2.24, 2.45) is 5.92 Å². The number of rotatable bonds is 7. The molecule has 1 aromatic rings. The number of hydrogen-bond donors (Lipinski definition) is 2. The minimum absolute atomic E-state index is 0.103. The molecule has 2 atom stereocenters. The van der Waals surface area contributed by atoms with Crippen LogP contribution in [-0.4, -0.2) is 45.4 Å². The normalized spacial score (nSPS) is 19.0. The van der Waals surface area contributed by atoms with Crippen molar-refractivity contribution in [3.63, 3.8) is 0 Å². The van der Waals surface area contributed by atoms with Gasteiger partial charge in [-0.1, -0.05) is 19.9 Å². The highest BCUT2D eigenvalue weighted by Gasteiger charge is 2.23. The molecule has 2 rings (SSSR count). The molecule has 0 bridgehead atoms. The Labute approximate surface area is 143 Å². The van der Waals surface area contributed by atoms with Gasteiger partial charge >= 0.3 is 0 Å². The van der Waals surface area contributed by atoms with Crippen molar-refractivity contribution >= 4 is 5.91 Å². The van der Waals surface area contributed by atoms with E-state index < -0.39 is 6.10 Å². The number of morpholine rings is 1. The molecule has 134 valence electrons. The van der Waals surface area contributed by atoms with Gasteiger partial charge in [-0.2, -0.15) is 0 Å². The molecule has 0 radical (unpaired) electrons. The van der Waals surface area contributed by atoms with Crippen LogP contribution >= 0.6 is 0 Å². The first-order valence-corrected chi connectivity index (χ1v) is 8.44. The van der Waals surface area contributed by atoms with Crippen molar-refractivity contribution in [1.82, 2.24) is 10.6 Å². The zero-order valence-corrected chi connectivity index (χ0v) is 14.9. The lowest BCUT2D eigenvalue weighted by Crippen LogP contribution is -2.48. The standard InChI is InChI=1S/C18H28N2O4/c1-12(2)11-24-15-6-5-14(9-16(15)22-4)13(3)20-18(21)17-10-19-7-8-23-17/h5-6,9,12-13,17,19H,7-8,10-11H2,1-4H3,(H,20,21). The molecule has 0 aliphatic carbocycles. The monoisotopic (exact) mass is 336 g/mol. The number of hydrogen-bond acceptors (Lipinski definition) is 5. The average molecular weight is 336 g/mol. The molecule has 0 spiro atoms. The molecule has 2 N–H and O–H groups in total. The van der Waals surface area contributed by atoms with Crippen LogP contribution in [0.1, 0.15) is 32.4 Å². The van der Waals surface area contributed by atoms with E-state index in [4.69, 9.17) is 14.2 Å². The maximum absolute atomic E-state index is 12.2. The van der Waals surface area contributed by atoms with Gasteiger partial charge in [0.25, 0.3) is 5.91 Å². The summed E-state index contributed by atoms with van der Waals surface area (Å²) in [5, 5.41) is 6.14. The zero-order valence-electron chi connectivity index (χ0n) is 14.9. The predicted octanol–water partition coefficient (Wildman–Crippen LogP) is 1.90. The number of amides is 1. The number of carbonyl (C=O) groups excluding carboxylic acids is 1. The molecule has 0 saturated carbocycles. The Balaban J connectivity index is 2.00. The third-order valence-electron chi connectivity index (χ3n) is 3.84. The van der Waals surface area contributed by atoms with Crippen LogP contribution in [0, 0.1) is 5.92 Å². The van der Waals surface area contributed by atoms with Gasteiger partial charge in [-0.15, -0.1) is 0 Å². The molecule has 1 heterocycles. The second kappa shape index (κ2) is 8.89. The molecule has 2 unspecified atom stereocenters. The van der Waals surface area contributed by atoms with E-state index in [2.05, 4.69) is 24.5 Å². The highest BCUT2D eigenvalue weighted by molar-refractivity contribution is 5.81. The molecule has 1 aliphatic rings. The quantitative estimate of drug-likeness (QED) is 0.796. The van der Waals surface area contributed by atoms with Gasteiger partial charge in [0.05, 0.1) is 26.4 Å². The second-order valence-electron chi connectivity index (χ2n) is 6.41. The Morgan fingerprint density at radius 1 is 1.38 bits per heavy atom. The van der Waals surface area contributed by atoms with E-state index in [0.717, 1.165) is 12.1 Å². The van der Waals surface area contributed by atoms with Crippen LogP contribution in [0.15, 0.2) is 18.2 Å². The van der Waals surface area contributed by atoms with Gasteiger partial charge in [0.15, 0.2) is 11.5 Å². The predicted molar refractivity (Wildman–Crippen MR) is 92.5 cm³/mol. The second-order valence-corrected chi connectivity index (χ2v) is 6.41. The Bertz CT molecular complexity index is 542. The van der Waals surface area contributed by atoms with Crippen molar-refractivity contribution in [2.75, 3.05) is 33.4 Å². The van der Waals surface area contributed by atoms with E-state index in [-0.39, 0.29) is 11.9 Å². The molecular formula is C18H28N2O4. The van der Waals surface area contributed by atoms with Gasteiger partial charge in [0.1, 0.15) is 6.10 Å². The van der Waals surface area contributed by atoms with Crippen LogP contribution in [0.4, 0.5) is 0 Å². The lowest BCUT2D eigenvalue weighted by molar-refractivity contribution is -0.134. The Morgan fingerprint density at radius 2 is 2.17 bits per heavy atom. The summed E-state index contributed by atoms with van der Waals surface area (Å²) in [7, 11) is 1.62.